The largest absolute Gasteiger partial charge is 0.493 e. The van der Waals surface area contributed by atoms with Gasteiger partial charge in [0.2, 0.25) is 11.8 Å². The van der Waals surface area contributed by atoms with E-state index in [0.29, 0.717) is 55.5 Å². The highest BCUT2D eigenvalue weighted by molar-refractivity contribution is 5.99. The van der Waals surface area contributed by atoms with Gasteiger partial charge in [0.05, 0.1) is 31.9 Å². The number of hydrogen-bond donors (Lipinski definition) is 1. The van der Waals surface area contributed by atoms with Crippen LogP contribution in [-0.2, 0) is 16.6 Å². The fraction of sp³-hybridized carbons (Fsp3) is 0.375. The fourth-order valence-corrected chi connectivity index (χ4v) is 3.84. The fourth-order valence-electron chi connectivity index (χ4n) is 3.84. The van der Waals surface area contributed by atoms with Crippen molar-refractivity contribution < 1.29 is 23.8 Å². The number of rotatable bonds is 8. The summed E-state index contributed by atoms with van der Waals surface area (Å²) in [6, 6.07) is 10.4. The summed E-state index contributed by atoms with van der Waals surface area (Å²) in [6.07, 6.45) is 2.99. The lowest BCUT2D eigenvalue weighted by atomic mass is 10.1. The second-order valence-corrected chi connectivity index (χ2v) is 7.96. The molecule has 1 aliphatic rings. The summed E-state index contributed by atoms with van der Waals surface area (Å²) in [5, 5.41) is 4.99. The Morgan fingerprint density at radius 3 is 2.70 bits per heavy atom. The molecule has 0 saturated carbocycles. The van der Waals surface area contributed by atoms with Crippen LogP contribution in [0.3, 0.4) is 0 Å². The molecule has 2 N–H and O–H groups in total. The summed E-state index contributed by atoms with van der Waals surface area (Å²) in [5.41, 5.74) is 6.56. The molecule has 1 fully saturated rings. The summed E-state index contributed by atoms with van der Waals surface area (Å²) >= 11 is 0. The van der Waals surface area contributed by atoms with Gasteiger partial charge in [-0.05, 0) is 42.8 Å². The van der Waals surface area contributed by atoms with Gasteiger partial charge in [0.1, 0.15) is 17.0 Å². The van der Waals surface area contributed by atoms with E-state index < -0.39 is 5.91 Å². The second kappa shape index (κ2) is 9.91. The Morgan fingerprint density at radius 2 is 1.97 bits per heavy atom. The van der Waals surface area contributed by atoms with Gasteiger partial charge in [-0.3, -0.25) is 14.3 Å². The predicted octanol–water partition coefficient (Wildman–Crippen LogP) is 2.87. The molecule has 0 aliphatic carbocycles. The quantitative estimate of drug-likeness (QED) is 0.563. The van der Waals surface area contributed by atoms with Crippen molar-refractivity contribution in [2.75, 3.05) is 26.3 Å². The molecule has 2 heterocycles. The van der Waals surface area contributed by atoms with Gasteiger partial charge in [0, 0.05) is 31.1 Å². The minimum Gasteiger partial charge on any atom is -0.493 e. The first-order valence-electron chi connectivity index (χ1n) is 11.0. The standard InChI is InChI=1S/C24H28N4O5/c1-3-18-15-28(9-11-32-18)22(29)8-10-31-19-4-6-20(7-5-19)33-21-13-16(24(25)30)12-17-14-26-27(2)23(17)21/h4-7,12-14,18H,3,8-11,15H2,1-2H3,(H2,25,30). The molecule has 1 unspecified atom stereocenters. The normalized spacial score (nSPS) is 16.1. The average Bonchev–Trinajstić information content (AvgIpc) is 3.21. The number of nitrogens with two attached hydrogens (primary N) is 1. The number of aryl methyl sites for hydroxylation is 1. The first-order chi connectivity index (χ1) is 15.9. The van der Waals surface area contributed by atoms with E-state index in [1.54, 1.807) is 54.3 Å². The molecule has 33 heavy (non-hydrogen) atoms. The molecule has 1 aliphatic heterocycles. The van der Waals surface area contributed by atoms with Crippen LogP contribution in [0.4, 0.5) is 0 Å². The lowest BCUT2D eigenvalue weighted by molar-refractivity contribution is -0.139. The maximum Gasteiger partial charge on any atom is 0.248 e. The van der Waals surface area contributed by atoms with E-state index in [9.17, 15) is 9.59 Å². The number of aromatic nitrogens is 2. The van der Waals surface area contributed by atoms with Crippen molar-refractivity contribution in [3.05, 3.63) is 48.2 Å². The number of morpholine rings is 1. The molecule has 0 bridgehead atoms. The molecule has 2 amide bonds. The minimum atomic E-state index is -0.536. The van der Waals surface area contributed by atoms with Crippen LogP contribution in [0.5, 0.6) is 17.2 Å². The molecule has 2 aromatic carbocycles. The van der Waals surface area contributed by atoms with Gasteiger partial charge in [-0.2, -0.15) is 5.10 Å². The summed E-state index contributed by atoms with van der Waals surface area (Å²) < 4.78 is 19.1. The van der Waals surface area contributed by atoms with Crippen LogP contribution < -0.4 is 15.2 Å². The number of carbonyl (C=O) groups is 2. The third-order valence-electron chi connectivity index (χ3n) is 5.67. The maximum atomic E-state index is 12.4. The predicted molar refractivity (Wildman–Crippen MR) is 122 cm³/mol. The molecular weight excluding hydrogens is 424 g/mol. The van der Waals surface area contributed by atoms with Crippen molar-refractivity contribution in [2.45, 2.75) is 25.9 Å². The lowest BCUT2D eigenvalue weighted by Crippen LogP contribution is -2.45. The van der Waals surface area contributed by atoms with Gasteiger partial charge in [-0.1, -0.05) is 6.92 Å². The number of amides is 2. The molecular formula is C24H28N4O5. The molecule has 9 heteroatoms. The molecule has 1 atom stereocenters. The summed E-state index contributed by atoms with van der Waals surface area (Å²) in [7, 11) is 1.80. The highest BCUT2D eigenvalue weighted by atomic mass is 16.5. The van der Waals surface area contributed by atoms with E-state index in [-0.39, 0.29) is 12.0 Å². The van der Waals surface area contributed by atoms with E-state index in [0.717, 1.165) is 17.3 Å². The second-order valence-electron chi connectivity index (χ2n) is 7.96. The first kappa shape index (κ1) is 22.6. The minimum absolute atomic E-state index is 0.0752. The Bertz CT molecular complexity index is 1140. The van der Waals surface area contributed by atoms with Crippen LogP contribution in [0.1, 0.15) is 30.1 Å². The molecule has 1 aromatic heterocycles. The number of benzene rings is 2. The highest BCUT2D eigenvalue weighted by Crippen LogP contribution is 2.32. The van der Waals surface area contributed by atoms with Crippen LogP contribution in [0, 0.1) is 0 Å². The molecule has 9 nitrogen and oxygen atoms in total. The van der Waals surface area contributed by atoms with Crippen LogP contribution >= 0.6 is 0 Å². The van der Waals surface area contributed by atoms with E-state index in [4.69, 9.17) is 19.9 Å². The lowest BCUT2D eigenvalue weighted by Gasteiger charge is -2.32. The number of ether oxygens (including phenoxy) is 3. The number of fused-ring (bicyclic) bond motifs is 1. The van der Waals surface area contributed by atoms with Gasteiger partial charge in [-0.15, -0.1) is 0 Å². The van der Waals surface area contributed by atoms with Gasteiger partial charge < -0.3 is 24.8 Å². The van der Waals surface area contributed by atoms with Crippen molar-refractivity contribution >= 4 is 22.7 Å². The van der Waals surface area contributed by atoms with E-state index in [2.05, 4.69) is 12.0 Å². The van der Waals surface area contributed by atoms with Crippen LogP contribution in [0.15, 0.2) is 42.6 Å². The molecule has 0 spiro atoms. The van der Waals surface area contributed by atoms with Crippen molar-refractivity contribution in [2.24, 2.45) is 12.8 Å². The Balaban J connectivity index is 1.36. The van der Waals surface area contributed by atoms with Crippen molar-refractivity contribution in [3.8, 4) is 17.2 Å². The Hall–Kier alpha value is -3.59. The van der Waals surface area contributed by atoms with Gasteiger partial charge in [0.15, 0.2) is 5.75 Å². The third kappa shape index (κ3) is 5.25. The van der Waals surface area contributed by atoms with Gasteiger partial charge in [0.25, 0.3) is 0 Å². The summed E-state index contributed by atoms with van der Waals surface area (Å²) in [5.74, 6) is 1.23. The zero-order valence-corrected chi connectivity index (χ0v) is 18.8. The van der Waals surface area contributed by atoms with E-state index in [1.807, 2.05) is 4.90 Å². The van der Waals surface area contributed by atoms with Gasteiger partial charge in [-0.25, -0.2) is 0 Å². The van der Waals surface area contributed by atoms with Crippen molar-refractivity contribution in [1.29, 1.82) is 0 Å². The Morgan fingerprint density at radius 1 is 1.21 bits per heavy atom. The Kier molecular flexibility index (Phi) is 6.79. The van der Waals surface area contributed by atoms with Gasteiger partial charge >= 0.3 is 0 Å². The van der Waals surface area contributed by atoms with Crippen molar-refractivity contribution in [1.82, 2.24) is 14.7 Å². The monoisotopic (exact) mass is 452 g/mol. The molecule has 174 valence electrons. The Labute approximate surface area is 192 Å². The third-order valence-corrected chi connectivity index (χ3v) is 5.67. The van der Waals surface area contributed by atoms with Crippen molar-refractivity contribution in [3.63, 3.8) is 0 Å². The number of nitrogens with zero attached hydrogens (tertiary/aromatic N) is 3. The smallest absolute Gasteiger partial charge is 0.248 e. The molecule has 3 aromatic rings. The van der Waals surface area contributed by atoms with Crippen LogP contribution in [0.2, 0.25) is 0 Å². The molecule has 4 rings (SSSR count). The van der Waals surface area contributed by atoms with Crippen LogP contribution in [0.25, 0.3) is 10.9 Å². The zero-order valence-electron chi connectivity index (χ0n) is 18.8. The molecule has 0 radical (unpaired) electrons. The highest BCUT2D eigenvalue weighted by Gasteiger charge is 2.22. The molecule has 1 saturated heterocycles. The maximum absolute atomic E-state index is 12.4. The SMILES string of the molecule is CCC1CN(C(=O)CCOc2ccc(Oc3cc(C(N)=O)cc4cnn(C)c34)cc2)CCO1. The number of carbonyl (C=O) groups excluding carboxylic acids is 2. The number of hydrogen-bond acceptors (Lipinski definition) is 6. The number of primary amides is 1. The van der Waals surface area contributed by atoms with Crippen LogP contribution in [-0.4, -0.2) is 58.9 Å². The first-order valence-corrected chi connectivity index (χ1v) is 11.0. The topological polar surface area (TPSA) is 109 Å². The summed E-state index contributed by atoms with van der Waals surface area (Å²) in [4.78, 5) is 25.9. The zero-order chi connectivity index (χ0) is 23.4. The van der Waals surface area contributed by atoms with E-state index in [1.165, 1.54) is 0 Å². The van der Waals surface area contributed by atoms with E-state index >= 15 is 0 Å². The summed E-state index contributed by atoms with van der Waals surface area (Å²) in [6.45, 7) is 4.21. The average molecular weight is 453 g/mol.